The zero-order valence-corrected chi connectivity index (χ0v) is 19.1. The van der Waals surface area contributed by atoms with Crippen molar-refractivity contribution in [1.82, 2.24) is 0 Å². The van der Waals surface area contributed by atoms with Gasteiger partial charge in [0.25, 0.3) is 0 Å². The summed E-state index contributed by atoms with van der Waals surface area (Å²) in [4.78, 5) is 40.7. The Balaban J connectivity index is 1.45. The highest BCUT2D eigenvalue weighted by Crippen LogP contribution is 2.58. The first-order valence-corrected chi connectivity index (χ1v) is 11.7. The molecule has 0 N–H and O–H groups in total. The van der Waals surface area contributed by atoms with Gasteiger partial charge in [0.1, 0.15) is 0 Å². The van der Waals surface area contributed by atoms with E-state index in [-0.39, 0.29) is 23.7 Å². The second-order valence-corrected chi connectivity index (χ2v) is 9.10. The second-order valence-electron chi connectivity index (χ2n) is 9.10. The molecule has 5 nitrogen and oxygen atoms in total. The summed E-state index contributed by atoms with van der Waals surface area (Å²) in [6.07, 6.45) is 4.18. The molecule has 3 aliphatic rings. The molecule has 35 heavy (non-hydrogen) atoms. The molecule has 1 aliphatic heterocycles. The number of methoxy groups -OCH3 is 1. The molecule has 3 aromatic carbocycles. The van der Waals surface area contributed by atoms with Gasteiger partial charge in [-0.15, -0.1) is 0 Å². The second kappa shape index (κ2) is 8.20. The summed E-state index contributed by atoms with van der Waals surface area (Å²) < 4.78 is 4.81. The van der Waals surface area contributed by atoms with Gasteiger partial charge in [0, 0.05) is 11.8 Å². The molecular weight excluding hydrogens is 438 g/mol. The van der Waals surface area contributed by atoms with Gasteiger partial charge < -0.3 is 4.74 Å². The maximum Gasteiger partial charge on any atom is 0.337 e. The molecule has 2 bridgehead atoms. The molecule has 6 rings (SSSR count). The minimum Gasteiger partial charge on any atom is -0.465 e. The largest absolute Gasteiger partial charge is 0.465 e. The van der Waals surface area contributed by atoms with E-state index in [1.165, 1.54) is 12.0 Å². The van der Waals surface area contributed by atoms with Crippen molar-refractivity contribution < 1.29 is 19.1 Å². The Morgan fingerprint density at radius 2 is 1.23 bits per heavy atom. The van der Waals surface area contributed by atoms with Gasteiger partial charge in [-0.25, -0.2) is 9.69 Å². The van der Waals surface area contributed by atoms with E-state index in [1.807, 2.05) is 36.4 Å². The van der Waals surface area contributed by atoms with Gasteiger partial charge in [-0.05, 0) is 40.5 Å². The molecule has 0 spiro atoms. The van der Waals surface area contributed by atoms with Crippen molar-refractivity contribution in [3.05, 3.63) is 119 Å². The van der Waals surface area contributed by atoms with Crippen molar-refractivity contribution in [3.8, 4) is 0 Å². The molecule has 1 heterocycles. The predicted molar refractivity (Wildman–Crippen MR) is 132 cm³/mol. The Morgan fingerprint density at radius 1 is 0.714 bits per heavy atom. The van der Waals surface area contributed by atoms with E-state index in [1.54, 1.807) is 24.3 Å². The lowest BCUT2D eigenvalue weighted by molar-refractivity contribution is -0.122. The van der Waals surface area contributed by atoms with Gasteiger partial charge in [0.15, 0.2) is 0 Å². The quantitative estimate of drug-likeness (QED) is 0.315. The van der Waals surface area contributed by atoms with Gasteiger partial charge in [-0.1, -0.05) is 78.9 Å². The number of esters is 1. The molecule has 2 amide bonds. The normalized spacial score (nSPS) is 24.1. The topological polar surface area (TPSA) is 63.7 Å². The third-order valence-electron chi connectivity index (χ3n) is 7.35. The number of allylic oxidation sites excluding steroid dienone is 3. The molecule has 5 heteroatoms. The highest BCUT2D eigenvalue weighted by atomic mass is 16.5. The van der Waals surface area contributed by atoms with Crippen LogP contribution in [0, 0.1) is 23.7 Å². The number of amides is 2. The van der Waals surface area contributed by atoms with E-state index in [9.17, 15) is 14.4 Å². The van der Waals surface area contributed by atoms with Crippen molar-refractivity contribution >= 4 is 29.0 Å². The number of rotatable bonds is 4. The number of nitrogens with zero attached hydrogens (tertiary/aromatic N) is 1. The lowest BCUT2D eigenvalue weighted by Gasteiger charge is -2.22. The standard InChI is InChI=1S/C30H23NO4/c1-35-30(34)20-13-8-14-21(17-20)31-28(32)26-22-15-16-23(27(26)29(31)33)25(22)24(18-9-4-2-5-10-18)19-11-6-3-7-12-19/h2-17,22-23,26-27H,1H3/t22-,23+,26-,27-/m0/s1. The SMILES string of the molecule is COC(=O)c1cccc(N2C(=O)[C@@H]3[C@@H](C2=O)[C@H]2C=C[C@@H]3C2=C(c2ccccc2)c2ccccc2)c1. The molecule has 2 aliphatic carbocycles. The number of anilines is 1. The maximum atomic E-state index is 13.7. The number of hydrogen-bond acceptors (Lipinski definition) is 4. The fourth-order valence-corrected chi connectivity index (χ4v) is 5.95. The number of ether oxygens (including phenoxy) is 1. The van der Waals surface area contributed by atoms with Crippen LogP contribution in [0.4, 0.5) is 5.69 Å². The van der Waals surface area contributed by atoms with E-state index < -0.39 is 17.8 Å². The van der Waals surface area contributed by atoms with Crippen LogP contribution in [0.2, 0.25) is 0 Å². The number of fused-ring (bicyclic) bond motifs is 5. The molecule has 1 saturated heterocycles. The summed E-state index contributed by atoms with van der Waals surface area (Å²) >= 11 is 0. The van der Waals surface area contributed by atoms with Crippen LogP contribution in [0.1, 0.15) is 21.5 Å². The van der Waals surface area contributed by atoms with Crippen LogP contribution in [0.15, 0.2) is 103 Å². The van der Waals surface area contributed by atoms with Crippen molar-refractivity contribution in [2.75, 3.05) is 12.0 Å². The Labute approximate surface area is 203 Å². The summed E-state index contributed by atoms with van der Waals surface area (Å²) in [6, 6.07) is 26.8. The maximum absolute atomic E-state index is 13.7. The van der Waals surface area contributed by atoms with Crippen LogP contribution in [-0.2, 0) is 14.3 Å². The van der Waals surface area contributed by atoms with Crippen molar-refractivity contribution in [3.63, 3.8) is 0 Å². The Morgan fingerprint density at radius 3 is 1.74 bits per heavy atom. The molecule has 0 unspecified atom stereocenters. The van der Waals surface area contributed by atoms with Gasteiger partial charge in [-0.3, -0.25) is 9.59 Å². The molecule has 3 aromatic rings. The van der Waals surface area contributed by atoms with E-state index in [4.69, 9.17) is 4.74 Å². The first-order valence-electron chi connectivity index (χ1n) is 11.7. The molecule has 2 fully saturated rings. The summed E-state index contributed by atoms with van der Waals surface area (Å²) in [5, 5.41) is 0. The number of benzene rings is 3. The number of carbonyl (C=O) groups is 3. The van der Waals surface area contributed by atoms with E-state index in [0.29, 0.717) is 11.3 Å². The molecule has 4 atom stereocenters. The Hall–Kier alpha value is -4.25. The summed E-state index contributed by atoms with van der Waals surface area (Å²) in [7, 11) is 1.31. The van der Waals surface area contributed by atoms with Crippen molar-refractivity contribution in [2.24, 2.45) is 23.7 Å². The third-order valence-corrected chi connectivity index (χ3v) is 7.35. The lowest BCUT2D eigenvalue weighted by atomic mass is 9.85. The summed E-state index contributed by atoms with van der Waals surface area (Å²) in [6.45, 7) is 0. The first-order chi connectivity index (χ1) is 17.1. The molecule has 0 aromatic heterocycles. The number of hydrogen-bond donors (Lipinski definition) is 0. The van der Waals surface area contributed by atoms with Crippen molar-refractivity contribution in [1.29, 1.82) is 0 Å². The van der Waals surface area contributed by atoms with Gasteiger partial charge in [-0.2, -0.15) is 0 Å². The average Bonchev–Trinajstić information content (AvgIpc) is 3.54. The smallest absolute Gasteiger partial charge is 0.337 e. The fourth-order valence-electron chi connectivity index (χ4n) is 5.95. The van der Waals surface area contributed by atoms with Crippen molar-refractivity contribution in [2.45, 2.75) is 0 Å². The number of carbonyl (C=O) groups excluding carboxylic acids is 3. The van der Waals surface area contributed by atoms with Crippen LogP contribution in [0.3, 0.4) is 0 Å². The van der Waals surface area contributed by atoms with E-state index in [2.05, 4.69) is 36.4 Å². The molecule has 0 radical (unpaired) electrons. The average molecular weight is 462 g/mol. The van der Waals surface area contributed by atoms with E-state index >= 15 is 0 Å². The minimum atomic E-state index is -0.506. The van der Waals surface area contributed by atoms with Crippen LogP contribution in [0.5, 0.6) is 0 Å². The lowest BCUT2D eigenvalue weighted by Crippen LogP contribution is -2.33. The molecular formula is C30H23NO4. The predicted octanol–water partition coefficient (Wildman–Crippen LogP) is 4.90. The monoisotopic (exact) mass is 461 g/mol. The highest BCUT2D eigenvalue weighted by molar-refractivity contribution is 6.23. The van der Waals surface area contributed by atoms with Crippen LogP contribution in [-0.4, -0.2) is 24.9 Å². The highest BCUT2D eigenvalue weighted by Gasteiger charge is 2.62. The molecule has 172 valence electrons. The van der Waals surface area contributed by atoms with Gasteiger partial charge >= 0.3 is 5.97 Å². The minimum absolute atomic E-state index is 0.148. The van der Waals surface area contributed by atoms with Crippen LogP contribution < -0.4 is 4.90 Å². The van der Waals surface area contributed by atoms with Gasteiger partial charge in [0.05, 0.1) is 30.2 Å². The molecule has 1 saturated carbocycles. The third kappa shape index (κ3) is 3.19. The summed E-state index contributed by atoms with van der Waals surface area (Å²) in [5.41, 5.74) is 5.11. The van der Waals surface area contributed by atoms with Crippen LogP contribution in [0.25, 0.3) is 5.57 Å². The zero-order chi connectivity index (χ0) is 24.1. The number of imide groups is 1. The Kier molecular flexibility index (Phi) is 4.99. The fraction of sp³-hybridized carbons (Fsp3) is 0.167. The van der Waals surface area contributed by atoms with E-state index in [0.717, 1.165) is 22.3 Å². The van der Waals surface area contributed by atoms with Crippen LogP contribution >= 0.6 is 0 Å². The Bertz CT molecular complexity index is 1330. The zero-order valence-electron chi connectivity index (χ0n) is 19.1. The van der Waals surface area contributed by atoms with Gasteiger partial charge in [0.2, 0.25) is 11.8 Å². The summed E-state index contributed by atoms with van der Waals surface area (Å²) in [5.74, 6) is -2.12. The first kappa shape index (κ1) is 21.3.